The highest BCUT2D eigenvalue weighted by molar-refractivity contribution is 7.23. The number of ether oxygens (including phenoxy) is 7. The van der Waals surface area contributed by atoms with Gasteiger partial charge in [-0.25, -0.2) is 14.4 Å². The quantitative estimate of drug-likeness (QED) is 0.00598. The van der Waals surface area contributed by atoms with E-state index in [9.17, 15) is 29.3 Å². The topological polar surface area (TPSA) is 537 Å². The number of rotatable bonds is 26. The number of amides is 1. The Kier molecular flexibility index (Phi) is 48.2. The average molecular weight is 2270 g/mol. The van der Waals surface area contributed by atoms with E-state index in [0.717, 1.165) is 103 Å². The van der Waals surface area contributed by atoms with E-state index < -0.39 is 4.92 Å². The average Bonchev–Trinajstić information content (AvgIpc) is 1.63. The van der Waals surface area contributed by atoms with Crippen LogP contribution in [0.5, 0.6) is 23.0 Å². The third-order valence-electron chi connectivity index (χ3n) is 20.6. The first-order chi connectivity index (χ1) is 67.9. The number of halogens is 7. The van der Waals surface area contributed by atoms with E-state index in [1.54, 1.807) is 85.2 Å². The van der Waals surface area contributed by atoms with Crippen LogP contribution in [0.4, 0.5) is 5.69 Å². The van der Waals surface area contributed by atoms with Gasteiger partial charge in [0.15, 0.2) is 6.61 Å². The fraction of sp³-hybridized carbons (Fsp3) is 0.0762. The second kappa shape index (κ2) is 58.5. The molecule has 0 fully saturated rings. The van der Waals surface area contributed by atoms with Crippen molar-refractivity contribution in [2.75, 3.05) is 27.9 Å². The lowest BCUT2D eigenvalue weighted by Gasteiger charge is -2.07. The second-order valence-corrected chi connectivity index (χ2v) is 38.1. The van der Waals surface area contributed by atoms with Crippen molar-refractivity contribution in [3.63, 3.8) is 0 Å². The number of para-hydroxylation sites is 1. The van der Waals surface area contributed by atoms with E-state index in [2.05, 4.69) is 39.1 Å². The number of amidine groups is 7. The van der Waals surface area contributed by atoms with Crippen molar-refractivity contribution in [2.45, 2.75) is 26.4 Å². The van der Waals surface area contributed by atoms with Gasteiger partial charge in [-0.3, -0.25) is 52.8 Å². The summed E-state index contributed by atoms with van der Waals surface area (Å²) >= 11 is 10.2. The molecule has 0 spiro atoms. The molecule has 0 saturated heterocycles. The summed E-state index contributed by atoms with van der Waals surface area (Å²) in [6.45, 7) is 1.29. The molecule has 0 bridgehead atoms. The maximum absolute atomic E-state index is 12.1. The molecule has 0 saturated carbocycles. The number of nitrogens with two attached hydrogens (primary N) is 7. The number of esters is 3. The number of nitrogens with one attached hydrogen (secondary N) is 8. The molecule has 0 aliphatic rings. The molecule has 12 aromatic carbocycles. The van der Waals surface area contributed by atoms with Gasteiger partial charge < -0.3 is 78.6 Å². The Morgan fingerprint density at radius 2 is 0.682 bits per heavy atom. The molecule has 43 heteroatoms. The predicted molar refractivity (Wildman–Crippen MR) is 623 cm³/mol. The summed E-state index contributed by atoms with van der Waals surface area (Å²) in [7, 11) is 4.35. The number of nitrogens with zero attached hydrogens (tertiary/aromatic N) is 1. The monoisotopic (exact) mass is 2260 g/mol. The Balaban J connectivity index is 0.000000263. The number of thiophene rings is 7. The maximum Gasteiger partial charge on any atom is 0.338 e. The molecule has 7 aromatic heterocycles. The van der Waals surface area contributed by atoms with Crippen LogP contribution in [0, 0.1) is 48.0 Å². The van der Waals surface area contributed by atoms with Gasteiger partial charge in [-0.05, 0) is 230 Å². The van der Waals surface area contributed by atoms with E-state index in [-0.39, 0.29) is 177 Å². The minimum absolute atomic E-state index is 0. The molecule has 148 heavy (non-hydrogen) atoms. The van der Waals surface area contributed by atoms with Gasteiger partial charge in [0.2, 0.25) is 0 Å². The lowest BCUT2D eigenvalue weighted by molar-refractivity contribution is -0.385. The summed E-state index contributed by atoms with van der Waals surface area (Å²) in [5.41, 5.74) is 45.9. The molecule has 768 valence electrons. The maximum atomic E-state index is 12.1. The standard InChI is InChI=1S/C18H17N3O2S.C17H16N2O2S.C17H14N2O2S.C16H13N3O3S.C15H12N2S.2C11H10N2O2S.7ClH/c19-18(20)16-8-13-6-7-14(9-15(13)24-16)23-11-17(22)21-10-12-4-2-1-3-5-12;1-20-13-4-2-3-11(7-13)10-21-14-6-5-12-8-16(17(18)19)22-15(12)9-14;18-16(19)15-9-13-8-12(6-7-14(13)22-15)17(20)21-10-11-4-2-1-3-5-11;17-16(18)15-7-10-5-6-12(8-14(10)23-15)22-9-11-3-1-2-4-13(11)19(20)21;16-15(17)14-9-12-11(7-4-8-13(12)18-14)10-5-2-1-3-6-10;1-15-11(14)6-2-3-8-7(4-6)5-9(16-8)10(12)13;1-15-11(14)7-3-2-6-4-9(10(12)13)16-8(6)5-7;;;;;;;/h1-9H,10-11H2,(H3,19,20)(H,21,22);2-9H,10H2,1H3,(H3,18,19);1-9H,10H2,(H3,18,19);1-8H,9H2,(H3,17,18);1-9H,(H3,16,17);2*2-5H,1H3,(H3,12,13);7*1H. The molecule has 0 aliphatic carbocycles. The number of methoxy groups -OCH3 is 3. The van der Waals surface area contributed by atoms with Gasteiger partial charge in [-0.1, -0.05) is 133 Å². The molecule has 29 nitrogen and oxygen atoms in total. The number of nitrogen functional groups attached to an aromatic ring is 7. The van der Waals surface area contributed by atoms with Gasteiger partial charge in [0.1, 0.15) is 83.7 Å². The second-order valence-electron chi connectivity index (χ2n) is 30.5. The van der Waals surface area contributed by atoms with Crippen LogP contribution < -0.4 is 64.4 Å². The number of nitro groups is 1. The summed E-state index contributed by atoms with van der Waals surface area (Å²) in [5, 5.41) is 72.9. The summed E-state index contributed by atoms with van der Waals surface area (Å²) in [6.07, 6.45) is 0. The highest BCUT2D eigenvalue weighted by Gasteiger charge is 2.19. The Hall–Kier alpha value is -14.8. The number of carbonyl (C=O) groups excluding carboxylic acids is 4. The molecule has 0 atom stereocenters. The van der Waals surface area contributed by atoms with E-state index in [1.807, 2.05) is 212 Å². The van der Waals surface area contributed by atoms with Crippen LogP contribution in [-0.2, 0) is 45.4 Å². The fourth-order valence-corrected chi connectivity index (χ4v) is 20.2. The number of benzene rings is 12. The van der Waals surface area contributed by atoms with Crippen LogP contribution in [-0.4, -0.2) is 97.5 Å². The first-order valence-corrected chi connectivity index (χ1v) is 48.3. The largest absolute Gasteiger partial charge is 0.497 e. The van der Waals surface area contributed by atoms with Crippen molar-refractivity contribution in [3.8, 4) is 34.1 Å². The van der Waals surface area contributed by atoms with Crippen LogP contribution in [0.15, 0.2) is 309 Å². The highest BCUT2D eigenvalue weighted by atomic mass is 35.5. The van der Waals surface area contributed by atoms with Gasteiger partial charge in [0.05, 0.1) is 82.6 Å². The molecule has 7 heterocycles. The SMILES string of the molecule is COC(=O)c1ccc2cc(C(=N)N)sc2c1.COC(=O)c1ccc2sc(C(=N)N)cc2c1.COc1cccc(COc2ccc3cc(C(=N)N)sc3c2)c1.Cl.Cl.Cl.Cl.Cl.Cl.Cl.N=C(N)c1cc2c(-c3ccccc3)cccc2s1.N=C(N)c1cc2cc(C(=O)OCc3ccccc3)ccc2s1.N=C(N)c1cc2ccc(OCC(=O)NCc3ccccc3)cc2s1.N=C(N)c1cc2ccc(OCc3ccccc3[N+](=O)[O-])cc2s1. The van der Waals surface area contributed by atoms with Crippen LogP contribution in [0.2, 0.25) is 0 Å². The fourth-order valence-electron chi connectivity index (χ4n) is 13.6. The lowest BCUT2D eigenvalue weighted by atomic mass is 10.0. The van der Waals surface area contributed by atoms with Crippen LogP contribution in [0.1, 0.15) is 87.5 Å². The van der Waals surface area contributed by atoms with E-state index in [1.165, 1.54) is 110 Å². The van der Waals surface area contributed by atoms with E-state index >= 15 is 0 Å². The molecular formula is C105H99Cl7N16O13S7. The lowest BCUT2D eigenvalue weighted by Crippen LogP contribution is -2.28. The predicted octanol–water partition coefficient (Wildman–Crippen LogP) is 24.6. The minimum atomic E-state index is -0.416. The van der Waals surface area contributed by atoms with Gasteiger partial charge in [0, 0.05) is 50.9 Å². The number of carbonyl (C=O) groups is 4. The number of fused-ring (bicyclic) bond motifs is 7. The molecule has 19 aromatic rings. The van der Waals surface area contributed by atoms with E-state index in [4.69, 9.17) is 102 Å². The normalized spacial score (nSPS) is 10.0. The van der Waals surface area contributed by atoms with Crippen molar-refractivity contribution in [1.82, 2.24) is 5.32 Å². The van der Waals surface area contributed by atoms with Gasteiger partial charge in [-0.2, -0.15) is 0 Å². The molecule has 22 N–H and O–H groups in total. The summed E-state index contributed by atoms with van der Waals surface area (Å²) in [4.78, 5) is 62.3. The first kappa shape index (κ1) is 122. The van der Waals surface area contributed by atoms with Crippen LogP contribution >= 0.6 is 166 Å². The summed E-state index contributed by atoms with van der Waals surface area (Å²) in [6, 6.07) is 96.1. The zero-order chi connectivity index (χ0) is 100. The number of hydrogen-bond donors (Lipinski definition) is 15. The number of hydrogen-bond acceptors (Lipinski definition) is 27. The smallest absolute Gasteiger partial charge is 0.338 e. The first-order valence-electron chi connectivity index (χ1n) is 42.6. The molecule has 0 radical (unpaired) electrons. The van der Waals surface area contributed by atoms with Crippen molar-refractivity contribution >= 4 is 307 Å². The van der Waals surface area contributed by atoms with Crippen molar-refractivity contribution < 1.29 is 57.3 Å². The summed E-state index contributed by atoms with van der Waals surface area (Å²) < 4.78 is 43.9. The molecule has 0 aliphatic heterocycles. The zero-order valence-electron chi connectivity index (χ0n) is 78.5. The third kappa shape index (κ3) is 33.6. The van der Waals surface area contributed by atoms with Gasteiger partial charge in [-0.15, -0.1) is 166 Å². The number of nitro benzene ring substituents is 1. The molecule has 0 unspecified atom stereocenters. The van der Waals surface area contributed by atoms with Crippen molar-refractivity contribution in [1.29, 1.82) is 37.9 Å². The molecular weight excluding hydrogens is 2170 g/mol. The molecule has 1 amide bonds. The highest BCUT2D eigenvalue weighted by Crippen LogP contribution is 2.38. The van der Waals surface area contributed by atoms with Crippen molar-refractivity contribution in [3.05, 3.63) is 393 Å². The Bertz CT molecular complexity index is 7810. The van der Waals surface area contributed by atoms with Crippen molar-refractivity contribution in [2.24, 2.45) is 40.1 Å². The zero-order valence-corrected chi connectivity index (χ0v) is 89.9. The molecule has 19 rings (SSSR count). The Labute approximate surface area is 920 Å². The van der Waals surface area contributed by atoms with Gasteiger partial charge >= 0.3 is 17.9 Å². The van der Waals surface area contributed by atoms with Crippen LogP contribution in [0.25, 0.3) is 81.7 Å². The third-order valence-corrected chi connectivity index (χ3v) is 28.6. The summed E-state index contributed by atoms with van der Waals surface area (Å²) in [5.74, 6) is 2.04. The van der Waals surface area contributed by atoms with E-state index in [0.29, 0.717) is 66.4 Å². The van der Waals surface area contributed by atoms with Crippen LogP contribution in [0.3, 0.4) is 0 Å². The minimum Gasteiger partial charge on any atom is -0.497 e. The Morgan fingerprint density at radius 1 is 0.318 bits per heavy atom. The van der Waals surface area contributed by atoms with Gasteiger partial charge in [0.25, 0.3) is 11.6 Å². The Morgan fingerprint density at radius 3 is 1.14 bits per heavy atom.